The van der Waals surface area contributed by atoms with Gasteiger partial charge in [0.25, 0.3) is 5.91 Å². The van der Waals surface area contributed by atoms with Crippen LogP contribution < -0.4 is 10.6 Å². The van der Waals surface area contributed by atoms with Crippen molar-refractivity contribution in [2.75, 3.05) is 19.7 Å². The van der Waals surface area contributed by atoms with Gasteiger partial charge in [-0.1, -0.05) is 6.42 Å². The highest BCUT2D eigenvalue weighted by Gasteiger charge is 2.58. The number of carbonyl (C=O) groups excluding carboxylic acids is 4. The summed E-state index contributed by atoms with van der Waals surface area (Å²) in [5.41, 5.74) is -0.903. The molecule has 1 aliphatic carbocycles. The summed E-state index contributed by atoms with van der Waals surface area (Å²) in [6.07, 6.45) is 0.770. The number of hydrogen-bond donors (Lipinski definition) is 2. The van der Waals surface area contributed by atoms with Gasteiger partial charge in [0, 0.05) is 19.0 Å². The quantitative estimate of drug-likeness (QED) is 0.506. The van der Waals surface area contributed by atoms with Crippen LogP contribution in [-0.4, -0.2) is 78.3 Å². The SMILES string of the molecule is O=C(COC(F)(F)F)C(C[C@@H]1CCNC1=O)NC(=O)[C@@H]1[C@H]2CCC[C@H]2CN1C(=O)C12CCC(CC1)O2. The van der Waals surface area contributed by atoms with Crippen LogP contribution in [0.1, 0.15) is 57.8 Å². The molecule has 2 N–H and O–H groups in total. The van der Waals surface area contributed by atoms with Crippen molar-refractivity contribution in [2.24, 2.45) is 17.8 Å². The zero-order chi connectivity index (χ0) is 25.7. The zero-order valence-corrected chi connectivity index (χ0v) is 20.0. The number of nitrogens with one attached hydrogen (secondary N) is 2. The third-order valence-corrected chi connectivity index (χ3v) is 8.71. The Hall–Kier alpha value is -2.21. The molecule has 5 atom stereocenters. The number of hydrogen-bond acceptors (Lipinski definition) is 6. The predicted molar refractivity (Wildman–Crippen MR) is 117 cm³/mol. The van der Waals surface area contributed by atoms with E-state index in [9.17, 15) is 32.3 Å². The zero-order valence-electron chi connectivity index (χ0n) is 20.0. The molecule has 4 aliphatic heterocycles. The minimum absolute atomic E-state index is 0.0662. The van der Waals surface area contributed by atoms with Crippen LogP contribution in [0.4, 0.5) is 13.2 Å². The second-order valence-electron chi connectivity index (χ2n) is 10.8. The number of Topliss-reactive ketones (excluding diaryl/α,β-unsaturated/α-hetero) is 1. The fourth-order valence-corrected chi connectivity index (χ4v) is 6.92. The molecule has 0 aromatic heterocycles. The first-order valence-electron chi connectivity index (χ1n) is 12.9. The first-order valence-corrected chi connectivity index (χ1v) is 12.9. The minimum atomic E-state index is -5.00. The van der Waals surface area contributed by atoms with E-state index in [1.54, 1.807) is 4.90 Å². The first kappa shape index (κ1) is 25.4. The molecule has 4 saturated heterocycles. The van der Waals surface area contributed by atoms with E-state index in [2.05, 4.69) is 15.4 Å². The van der Waals surface area contributed by atoms with Crippen LogP contribution in [0.3, 0.4) is 0 Å². The van der Waals surface area contributed by atoms with Crippen molar-refractivity contribution in [3.63, 3.8) is 0 Å². The number of ether oxygens (including phenoxy) is 2. The van der Waals surface area contributed by atoms with Gasteiger partial charge in [-0.05, 0) is 63.2 Å². The number of likely N-dealkylation sites (tertiary alicyclic amines) is 1. The lowest BCUT2D eigenvalue weighted by molar-refractivity contribution is -0.321. The summed E-state index contributed by atoms with van der Waals surface area (Å²) < 4.78 is 47.5. The Kier molecular flexibility index (Phi) is 6.78. The Morgan fingerprint density at radius 3 is 2.53 bits per heavy atom. The molecule has 0 aromatic rings. The Balaban J connectivity index is 1.34. The van der Waals surface area contributed by atoms with E-state index < -0.39 is 48.3 Å². The minimum Gasteiger partial charge on any atom is -0.362 e. The normalized spacial score (nSPS) is 36.1. The average molecular weight is 516 g/mol. The van der Waals surface area contributed by atoms with Gasteiger partial charge in [0.15, 0.2) is 5.78 Å². The van der Waals surface area contributed by atoms with Crippen molar-refractivity contribution < 1.29 is 41.8 Å². The lowest BCUT2D eigenvalue weighted by atomic mass is 9.87. The van der Waals surface area contributed by atoms with E-state index in [0.717, 1.165) is 32.1 Å². The predicted octanol–water partition coefficient (Wildman–Crippen LogP) is 1.44. The van der Waals surface area contributed by atoms with E-state index in [0.29, 0.717) is 32.4 Å². The van der Waals surface area contributed by atoms with E-state index in [4.69, 9.17) is 4.74 Å². The fraction of sp³-hybridized carbons (Fsp3) is 0.833. The maximum atomic E-state index is 13.7. The lowest BCUT2D eigenvalue weighted by Gasteiger charge is -2.34. The van der Waals surface area contributed by atoms with Gasteiger partial charge in [0.05, 0.1) is 12.1 Å². The topological polar surface area (TPSA) is 114 Å². The van der Waals surface area contributed by atoms with Gasteiger partial charge in [-0.25, -0.2) is 0 Å². The third kappa shape index (κ3) is 4.85. The standard InChI is InChI=1S/C24H32F3N3O6/c25-24(26,27)35-12-18(31)17(10-13-6-9-28-20(13)32)29-21(33)19-16-3-1-2-14(16)11-30(19)22(34)23-7-4-15(36-23)5-8-23/h13-17,19H,1-12H2,(H,28,32)(H,29,33)/t13-,14-,15?,16-,17?,19-,23?/m0/s1. The highest BCUT2D eigenvalue weighted by molar-refractivity contribution is 5.96. The molecule has 0 spiro atoms. The molecule has 0 aromatic carbocycles. The molecule has 4 heterocycles. The van der Waals surface area contributed by atoms with Crippen molar-refractivity contribution in [3.05, 3.63) is 0 Å². The summed E-state index contributed by atoms with van der Waals surface area (Å²) in [5.74, 6) is -2.56. The molecule has 0 radical (unpaired) electrons. The van der Waals surface area contributed by atoms with Crippen LogP contribution >= 0.6 is 0 Å². The first-order chi connectivity index (χ1) is 17.1. The highest BCUT2D eigenvalue weighted by Crippen LogP contribution is 2.48. The van der Waals surface area contributed by atoms with E-state index in [1.807, 2.05) is 0 Å². The van der Waals surface area contributed by atoms with Crippen LogP contribution in [0.5, 0.6) is 0 Å². The Morgan fingerprint density at radius 1 is 1.17 bits per heavy atom. The third-order valence-electron chi connectivity index (χ3n) is 8.71. The van der Waals surface area contributed by atoms with Crippen LogP contribution in [0.25, 0.3) is 0 Å². The molecular weight excluding hydrogens is 483 g/mol. The van der Waals surface area contributed by atoms with Crippen molar-refractivity contribution >= 4 is 23.5 Å². The fourth-order valence-electron chi connectivity index (χ4n) is 6.92. The van der Waals surface area contributed by atoms with E-state index in [1.165, 1.54) is 0 Å². The van der Waals surface area contributed by atoms with Crippen LogP contribution in [-0.2, 0) is 28.7 Å². The van der Waals surface area contributed by atoms with Gasteiger partial charge >= 0.3 is 6.36 Å². The second-order valence-corrected chi connectivity index (χ2v) is 10.8. The highest BCUT2D eigenvalue weighted by atomic mass is 19.4. The molecule has 12 heteroatoms. The summed E-state index contributed by atoms with van der Waals surface area (Å²) in [4.78, 5) is 53.7. The molecule has 36 heavy (non-hydrogen) atoms. The molecule has 1 saturated carbocycles. The van der Waals surface area contributed by atoms with E-state index >= 15 is 0 Å². The summed E-state index contributed by atoms with van der Waals surface area (Å²) >= 11 is 0. The molecule has 3 amide bonds. The van der Waals surface area contributed by atoms with Gasteiger partial charge < -0.3 is 20.3 Å². The van der Waals surface area contributed by atoms with E-state index in [-0.39, 0.29) is 36.2 Å². The van der Waals surface area contributed by atoms with Crippen LogP contribution in [0.2, 0.25) is 0 Å². The van der Waals surface area contributed by atoms with Crippen molar-refractivity contribution in [2.45, 2.75) is 87.9 Å². The number of ketones is 1. The molecule has 5 rings (SSSR count). The van der Waals surface area contributed by atoms with Crippen molar-refractivity contribution in [1.82, 2.24) is 15.5 Å². The van der Waals surface area contributed by atoms with Gasteiger partial charge in [0.2, 0.25) is 11.8 Å². The Labute approximate surface area is 206 Å². The summed E-state index contributed by atoms with van der Waals surface area (Å²) in [5, 5.41) is 5.26. The second kappa shape index (κ2) is 9.59. The Bertz CT molecular complexity index is 919. The van der Waals surface area contributed by atoms with Crippen molar-refractivity contribution in [3.8, 4) is 0 Å². The number of nitrogens with zero attached hydrogens (tertiary/aromatic N) is 1. The molecule has 1 unspecified atom stereocenters. The van der Waals surface area contributed by atoms with Crippen LogP contribution in [0.15, 0.2) is 0 Å². The molecule has 2 bridgehead atoms. The maximum Gasteiger partial charge on any atom is 0.522 e. The smallest absolute Gasteiger partial charge is 0.362 e. The number of alkyl halides is 3. The molecule has 5 aliphatic rings. The van der Waals surface area contributed by atoms with Gasteiger partial charge in [-0.15, -0.1) is 13.2 Å². The maximum absolute atomic E-state index is 13.7. The van der Waals surface area contributed by atoms with Crippen molar-refractivity contribution in [1.29, 1.82) is 0 Å². The summed E-state index contributed by atoms with van der Waals surface area (Å²) in [7, 11) is 0. The molecule has 200 valence electrons. The Morgan fingerprint density at radius 2 is 1.92 bits per heavy atom. The number of fused-ring (bicyclic) bond motifs is 3. The van der Waals surface area contributed by atoms with Gasteiger partial charge in [-0.3, -0.25) is 23.9 Å². The number of carbonyl (C=O) groups is 4. The monoisotopic (exact) mass is 515 g/mol. The average Bonchev–Trinajstić information content (AvgIpc) is 3.63. The lowest BCUT2D eigenvalue weighted by Crippen LogP contribution is -2.57. The number of amides is 3. The molecular formula is C24H32F3N3O6. The summed E-state index contributed by atoms with van der Waals surface area (Å²) in [6.45, 7) is -0.437. The van der Waals surface area contributed by atoms with Gasteiger partial charge in [0.1, 0.15) is 18.2 Å². The summed E-state index contributed by atoms with van der Waals surface area (Å²) in [6, 6.07) is -2.15. The van der Waals surface area contributed by atoms with Crippen LogP contribution in [0, 0.1) is 17.8 Å². The molecule has 9 nitrogen and oxygen atoms in total. The number of rotatable bonds is 8. The van der Waals surface area contributed by atoms with Gasteiger partial charge in [-0.2, -0.15) is 0 Å². The largest absolute Gasteiger partial charge is 0.522 e. The molecule has 5 fully saturated rings. The number of halogens is 3.